The van der Waals surface area contributed by atoms with Gasteiger partial charge in [0.05, 0.1) is 6.10 Å². The van der Waals surface area contributed by atoms with Gasteiger partial charge in [0.2, 0.25) is 5.91 Å². The number of likely N-dealkylation sites (tertiary alicyclic amines) is 1. The summed E-state index contributed by atoms with van der Waals surface area (Å²) in [5, 5.41) is 6.00. The van der Waals surface area contributed by atoms with Crippen LogP contribution in [0, 0.1) is 0 Å². The van der Waals surface area contributed by atoms with Gasteiger partial charge in [0.15, 0.2) is 0 Å². The standard InChI is InChI=1S/C26H33BN4O3/c1-30-12-9-17-13-20(7-8-22(17)26(16-30)10-11-26)28-24(32)23-14-21(34-2)15-31(23)25(33)29-19-5-3-18(27)4-6-19/h3-8,13,21,23H,9-12,14-16,27H2,1-2H3,(H,28,32)(H,29,33)/t21?,23-/m1/s1. The lowest BCUT2D eigenvalue weighted by atomic mass is 9.91. The molecule has 2 aromatic rings. The maximum Gasteiger partial charge on any atom is 0.322 e. The van der Waals surface area contributed by atoms with Crippen LogP contribution in [0.4, 0.5) is 16.2 Å². The van der Waals surface area contributed by atoms with E-state index >= 15 is 0 Å². The molecule has 0 aromatic heterocycles. The highest BCUT2D eigenvalue weighted by atomic mass is 16.5. The van der Waals surface area contributed by atoms with Crippen LogP contribution in [0.5, 0.6) is 0 Å². The molecule has 7 nitrogen and oxygen atoms in total. The summed E-state index contributed by atoms with van der Waals surface area (Å²) in [5.41, 5.74) is 5.69. The average Bonchev–Trinajstić information content (AvgIpc) is 3.48. The molecule has 3 aliphatic rings. The van der Waals surface area contributed by atoms with E-state index in [1.807, 2.05) is 38.2 Å². The largest absolute Gasteiger partial charge is 0.380 e. The van der Waals surface area contributed by atoms with Crippen LogP contribution in [0.1, 0.15) is 30.4 Å². The van der Waals surface area contributed by atoms with Gasteiger partial charge in [0.1, 0.15) is 13.9 Å². The van der Waals surface area contributed by atoms with Crippen LogP contribution in [0.25, 0.3) is 0 Å². The van der Waals surface area contributed by atoms with Gasteiger partial charge in [0, 0.05) is 50.0 Å². The molecular weight excluding hydrogens is 427 g/mol. The number of rotatable bonds is 4. The number of urea groups is 1. The second-order valence-electron chi connectivity index (χ2n) is 10.2. The van der Waals surface area contributed by atoms with E-state index in [-0.39, 0.29) is 18.0 Å². The summed E-state index contributed by atoms with van der Waals surface area (Å²) in [6.07, 6.45) is 3.76. The summed E-state index contributed by atoms with van der Waals surface area (Å²) in [6, 6.07) is 13.1. The first-order valence-corrected chi connectivity index (χ1v) is 12.2. The van der Waals surface area contributed by atoms with Crippen LogP contribution >= 0.6 is 0 Å². The second-order valence-corrected chi connectivity index (χ2v) is 10.2. The molecule has 2 aromatic carbocycles. The first-order valence-electron chi connectivity index (χ1n) is 12.2. The zero-order valence-corrected chi connectivity index (χ0v) is 20.3. The molecule has 1 aliphatic carbocycles. The Morgan fingerprint density at radius 3 is 2.53 bits per heavy atom. The first-order chi connectivity index (χ1) is 16.4. The van der Waals surface area contributed by atoms with Crippen LogP contribution in [-0.2, 0) is 21.4 Å². The molecule has 2 aliphatic heterocycles. The monoisotopic (exact) mass is 460 g/mol. The molecule has 5 rings (SSSR count). The van der Waals surface area contributed by atoms with E-state index in [0.717, 1.165) is 30.7 Å². The van der Waals surface area contributed by atoms with E-state index in [9.17, 15) is 9.59 Å². The van der Waals surface area contributed by atoms with Gasteiger partial charge in [-0.25, -0.2) is 4.79 Å². The number of nitrogens with zero attached hydrogens (tertiary/aromatic N) is 2. The van der Waals surface area contributed by atoms with Crippen molar-refractivity contribution in [1.82, 2.24) is 9.80 Å². The summed E-state index contributed by atoms with van der Waals surface area (Å²) >= 11 is 0. The van der Waals surface area contributed by atoms with Crippen LogP contribution in [0.3, 0.4) is 0 Å². The van der Waals surface area contributed by atoms with Crippen LogP contribution in [0.15, 0.2) is 42.5 Å². The fraction of sp³-hybridized carbons (Fsp3) is 0.462. The molecule has 0 bridgehead atoms. The van der Waals surface area contributed by atoms with Gasteiger partial charge in [-0.2, -0.15) is 0 Å². The molecular formula is C26H33BN4O3. The molecule has 1 saturated heterocycles. The van der Waals surface area contributed by atoms with Crippen molar-refractivity contribution in [3.05, 3.63) is 53.6 Å². The molecule has 34 heavy (non-hydrogen) atoms. The molecule has 2 heterocycles. The van der Waals surface area contributed by atoms with Gasteiger partial charge in [-0.05, 0) is 61.7 Å². The number of hydrogen-bond acceptors (Lipinski definition) is 4. The SMILES string of the molecule is Bc1ccc(NC(=O)N2CC(OC)C[C@@H]2C(=O)Nc2ccc3c(c2)CCN(C)CC32CC2)cc1. The van der Waals surface area contributed by atoms with E-state index < -0.39 is 6.04 Å². The minimum absolute atomic E-state index is 0.170. The zero-order valence-electron chi connectivity index (χ0n) is 20.3. The lowest BCUT2D eigenvalue weighted by Gasteiger charge is -2.24. The molecule has 0 radical (unpaired) electrons. The van der Waals surface area contributed by atoms with Crippen molar-refractivity contribution < 1.29 is 14.3 Å². The molecule has 2 fully saturated rings. The molecule has 1 unspecified atom stereocenters. The number of benzene rings is 2. The number of fused-ring (bicyclic) bond motifs is 2. The van der Waals surface area contributed by atoms with E-state index in [4.69, 9.17) is 4.74 Å². The van der Waals surface area contributed by atoms with Crippen molar-refractivity contribution in [2.75, 3.05) is 44.4 Å². The fourth-order valence-corrected chi connectivity index (χ4v) is 5.47. The molecule has 2 atom stereocenters. The van der Waals surface area contributed by atoms with Crippen LogP contribution in [-0.4, -0.2) is 75.5 Å². The highest BCUT2D eigenvalue weighted by Gasteiger charge is 2.47. The maximum absolute atomic E-state index is 13.3. The average molecular weight is 460 g/mol. The van der Waals surface area contributed by atoms with E-state index in [1.54, 1.807) is 12.0 Å². The van der Waals surface area contributed by atoms with Crippen molar-refractivity contribution in [3.63, 3.8) is 0 Å². The molecule has 1 spiro atoms. The van der Waals surface area contributed by atoms with Gasteiger partial charge < -0.3 is 25.2 Å². The third-order valence-corrected chi connectivity index (χ3v) is 7.60. The summed E-state index contributed by atoms with van der Waals surface area (Å²) in [4.78, 5) is 30.4. The summed E-state index contributed by atoms with van der Waals surface area (Å²) in [7, 11) is 5.82. The third-order valence-electron chi connectivity index (χ3n) is 7.60. The van der Waals surface area contributed by atoms with Crippen molar-refractivity contribution >= 4 is 36.6 Å². The minimum atomic E-state index is -0.588. The third kappa shape index (κ3) is 4.57. The molecule has 178 valence electrons. The van der Waals surface area contributed by atoms with Gasteiger partial charge in [-0.3, -0.25) is 4.79 Å². The van der Waals surface area contributed by atoms with Crippen LogP contribution in [0.2, 0.25) is 0 Å². The summed E-state index contributed by atoms with van der Waals surface area (Å²) in [6.45, 7) is 2.51. The molecule has 8 heteroatoms. The molecule has 1 saturated carbocycles. The Morgan fingerprint density at radius 2 is 1.82 bits per heavy atom. The van der Waals surface area contributed by atoms with E-state index in [2.05, 4.69) is 34.7 Å². The zero-order chi connectivity index (χ0) is 23.9. The molecule has 2 N–H and O–H groups in total. The van der Waals surface area contributed by atoms with Gasteiger partial charge >= 0.3 is 6.03 Å². The Kier molecular flexibility index (Phi) is 6.12. The van der Waals surface area contributed by atoms with Crippen molar-refractivity contribution in [3.8, 4) is 0 Å². The lowest BCUT2D eigenvalue weighted by molar-refractivity contribution is -0.119. The first kappa shape index (κ1) is 22.9. The van der Waals surface area contributed by atoms with Crippen molar-refractivity contribution in [2.24, 2.45) is 0 Å². The number of likely N-dealkylation sites (N-methyl/N-ethyl adjacent to an activating group) is 1. The Morgan fingerprint density at radius 1 is 1.09 bits per heavy atom. The van der Waals surface area contributed by atoms with E-state index in [1.165, 1.54) is 24.0 Å². The Bertz CT molecular complexity index is 1090. The number of ether oxygens (including phenoxy) is 1. The Hall–Kier alpha value is -2.84. The summed E-state index contributed by atoms with van der Waals surface area (Å²) in [5.74, 6) is -0.176. The number of carbonyl (C=O) groups is 2. The Labute approximate surface area is 202 Å². The maximum atomic E-state index is 13.3. The topological polar surface area (TPSA) is 73.9 Å². The van der Waals surface area contributed by atoms with E-state index in [0.29, 0.717) is 24.1 Å². The van der Waals surface area contributed by atoms with Crippen molar-refractivity contribution in [1.29, 1.82) is 0 Å². The predicted molar refractivity (Wildman–Crippen MR) is 137 cm³/mol. The highest BCUT2D eigenvalue weighted by molar-refractivity contribution is 6.32. The lowest BCUT2D eigenvalue weighted by Crippen LogP contribution is -2.45. The number of amides is 3. The normalized spacial score (nSPS) is 23.3. The van der Waals surface area contributed by atoms with Crippen LogP contribution < -0.4 is 16.1 Å². The Balaban J connectivity index is 1.31. The highest BCUT2D eigenvalue weighted by Crippen LogP contribution is 2.51. The molecule has 3 amide bonds. The van der Waals surface area contributed by atoms with Gasteiger partial charge in [-0.1, -0.05) is 23.7 Å². The van der Waals surface area contributed by atoms with Gasteiger partial charge in [0.25, 0.3) is 0 Å². The summed E-state index contributed by atoms with van der Waals surface area (Å²) < 4.78 is 5.51. The fourth-order valence-electron chi connectivity index (χ4n) is 5.47. The number of hydrogen-bond donors (Lipinski definition) is 2. The quantitative estimate of drug-likeness (QED) is 0.682. The number of nitrogens with one attached hydrogen (secondary N) is 2. The van der Waals surface area contributed by atoms with Gasteiger partial charge in [-0.15, -0.1) is 0 Å². The predicted octanol–water partition coefficient (Wildman–Crippen LogP) is 1.72. The number of methoxy groups -OCH3 is 1. The smallest absolute Gasteiger partial charge is 0.322 e. The second kappa shape index (κ2) is 9.08. The minimum Gasteiger partial charge on any atom is -0.380 e. The van der Waals surface area contributed by atoms with Crippen molar-refractivity contribution in [2.45, 2.75) is 43.2 Å². The number of anilines is 2. The number of carbonyl (C=O) groups excluding carboxylic acids is 2.